The highest BCUT2D eigenvalue weighted by Crippen LogP contribution is 2.65. The molecule has 0 heterocycles. The van der Waals surface area contributed by atoms with Crippen molar-refractivity contribution in [3.05, 3.63) is 143 Å². The second kappa shape index (κ2) is 5.81. The Hall–Kier alpha value is -3.38. The van der Waals surface area contributed by atoms with E-state index in [1.54, 1.807) is 0 Å². The van der Waals surface area contributed by atoms with Crippen molar-refractivity contribution in [3.8, 4) is 11.1 Å². The average molecular weight is 370 g/mol. The molecule has 4 aliphatic rings. The Morgan fingerprint density at radius 2 is 1.07 bits per heavy atom. The van der Waals surface area contributed by atoms with Crippen molar-refractivity contribution in [1.82, 2.24) is 0 Å². The highest BCUT2D eigenvalue weighted by Gasteiger charge is 2.59. The van der Waals surface area contributed by atoms with Crippen LogP contribution in [0.25, 0.3) is 11.1 Å². The highest BCUT2D eigenvalue weighted by molar-refractivity contribution is 5.74. The van der Waals surface area contributed by atoms with Crippen LogP contribution in [0.5, 0.6) is 0 Å². The molecule has 4 aliphatic carbocycles. The Labute approximate surface area is 172 Å². The summed E-state index contributed by atoms with van der Waals surface area (Å²) in [6, 6.07) is 19.9. The maximum atomic E-state index is 2.42. The summed E-state index contributed by atoms with van der Waals surface area (Å²) in [6.45, 7) is 2.42. The molecular weight excluding hydrogens is 348 g/mol. The monoisotopic (exact) mass is 370 g/mol. The van der Waals surface area contributed by atoms with E-state index in [0.717, 1.165) is 0 Å². The van der Waals surface area contributed by atoms with E-state index in [1.807, 2.05) is 0 Å². The van der Waals surface area contributed by atoms with Gasteiger partial charge in [0.2, 0.25) is 0 Å². The van der Waals surface area contributed by atoms with Crippen molar-refractivity contribution in [2.75, 3.05) is 0 Å². The second-order valence-electron chi connectivity index (χ2n) is 8.36. The number of allylic oxidation sites excluding steroid dienone is 14. The first kappa shape index (κ1) is 16.6. The molecule has 0 radical (unpaired) electrons. The zero-order valence-electron chi connectivity index (χ0n) is 16.5. The van der Waals surface area contributed by atoms with Crippen LogP contribution in [0.3, 0.4) is 0 Å². The summed E-state index contributed by atoms with van der Waals surface area (Å²) in [7, 11) is 0. The predicted molar refractivity (Wildman–Crippen MR) is 121 cm³/mol. The Bertz CT molecular complexity index is 1220. The lowest BCUT2D eigenvalue weighted by Crippen LogP contribution is -2.52. The number of benzene rings is 2. The Balaban J connectivity index is 1.61. The van der Waals surface area contributed by atoms with E-state index in [0.29, 0.717) is 0 Å². The van der Waals surface area contributed by atoms with Gasteiger partial charge in [0.25, 0.3) is 0 Å². The van der Waals surface area contributed by atoms with E-state index in [-0.39, 0.29) is 10.8 Å². The molecule has 0 saturated heterocycles. The summed E-state index contributed by atoms with van der Waals surface area (Å²) < 4.78 is 0. The summed E-state index contributed by atoms with van der Waals surface area (Å²) in [6.07, 6.45) is 22.8. The second-order valence-corrected chi connectivity index (χ2v) is 8.36. The molecule has 2 aromatic rings. The van der Waals surface area contributed by atoms with Gasteiger partial charge in [-0.1, -0.05) is 115 Å². The molecule has 0 aromatic heterocycles. The maximum Gasteiger partial charge on any atom is 0.0585 e. The van der Waals surface area contributed by atoms with Gasteiger partial charge < -0.3 is 0 Å². The predicted octanol–water partition coefficient (Wildman–Crippen LogP) is 7.03. The fraction of sp³-hybridized carbons (Fsp3) is 0.103. The summed E-state index contributed by atoms with van der Waals surface area (Å²) in [4.78, 5) is 0. The van der Waals surface area contributed by atoms with Crippen molar-refractivity contribution in [3.63, 3.8) is 0 Å². The molecule has 2 aromatic carbocycles. The third-order valence-corrected chi connectivity index (χ3v) is 7.18. The van der Waals surface area contributed by atoms with E-state index in [1.165, 1.54) is 39.0 Å². The molecule has 2 atom stereocenters. The molecule has 0 fully saturated rings. The zero-order chi connectivity index (χ0) is 19.5. The van der Waals surface area contributed by atoms with Crippen LogP contribution in [0.15, 0.2) is 138 Å². The van der Waals surface area contributed by atoms with Crippen LogP contribution in [0, 0.1) is 5.41 Å². The third kappa shape index (κ3) is 1.99. The Morgan fingerprint density at radius 1 is 0.517 bits per heavy atom. The summed E-state index contributed by atoms with van der Waals surface area (Å²) in [5, 5.41) is 0. The molecule has 0 heteroatoms. The molecular formula is C29H22. The van der Waals surface area contributed by atoms with Gasteiger partial charge in [0.05, 0.1) is 5.41 Å². The first-order chi connectivity index (χ1) is 14.2. The molecule has 29 heavy (non-hydrogen) atoms. The van der Waals surface area contributed by atoms with Crippen molar-refractivity contribution < 1.29 is 0 Å². The molecule has 138 valence electrons. The highest BCUT2D eigenvalue weighted by atomic mass is 14.6. The topological polar surface area (TPSA) is 0 Å². The summed E-state index contributed by atoms with van der Waals surface area (Å²) in [5.41, 5.74) is 9.11. The van der Waals surface area contributed by atoms with Crippen LogP contribution in [0.2, 0.25) is 0 Å². The maximum absolute atomic E-state index is 2.42. The van der Waals surface area contributed by atoms with E-state index < -0.39 is 0 Å². The molecule has 0 saturated carbocycles. The van der Waals surface area contributed by atoms with Gasteiger partial charge in [-0.05, 0) is 45.9 Å². The first-order valence-electron chi connectivity index (χ1n) is 10.3. The molecule has 0 aliphatic heterocycles. The minimum absolute atomic E-state index is 0.106. The van der Waals surface area contributed by atoms with E-state index in [2.05, 4.69) is 122 Å². The van der Waals surface area contributed by atoms with Gasteiger partial charge in [0.15, 0.2) is 0 Å². The lowest BCUT2D eigenvalue weighted by Gasteiger charge is -2.57. The lowest BCUT2D eigenvalue weighted by atomic mass is 9.44. The van der Waals surface area contributed by atoms with E-state index in [9.17, 15) is 0 Å². The fourth-order valence-electron chi connectivity index (χ4n) is 5.77. The van der Waals surface area contributed by atoms with E-state index in [4.69, 9.17) is 0 Å². The number of hydrogen-bond donors (Lipinski definition) is 0. The molecule has 0 nitrogen and oxygen atoms in total. The van der Waals surface area contributed by atoms with Gasteiger partial charge in [0, 0.05) is 5.41 Å². The average Bonchev–Trinajstić information content (AvgIpc) is 2.78. The largest absolute Gasteiger partial charge is 0.0622 e. The Morgan fingerprint density at radius 3 is 1.86 bits per heavy atom. The quantitative estimate of drug-likeness (QED) is 0.532. The van der Waals surface area contributed by atoms with Gasteiger partial charge in [-0.25, -0.2) is 0 Å². The first-order valence-corrected chi connectivity index (χ1v) is 10.3. The van der Waals surface area contributed by atoms with Crippen LogP contribution in [-0.2, 0) is 5.41 Å². The van der Waals surface area contributed by atoms with Gasteiger partial charge in [-0.2, -0.15) is 0 Å². The molecule has 0 amide bonds. The van der Waals surface area contributed by atoms with Gasteiger partial charge in [-0.3, -0.25) is 0 Å². The molecule has 2 unspecified atom stereocenters. The fourth-order valence-corrected chi connectivity index (χ4v) is 5.77. The van der Waals surface area contributed by atoms with Crippen LogP contribution in [0.4, 0.5) is 0 Å². The molecule has 0 N–H and O–H groups in total. The SMILES string of the molecule is CC12C3=CC=CC1=CC=C1C=CC=C(C=C3)C12c1ccc(-c2ccccc2)cc1. The van der Waals surface area contributed by atoms with Crippen molar-refractivity contribution in [1.29, 1.82) is 0 Å². The van der Waals surface area contributed by atoms with Crippen molar-refractivity contribution in [2.24, 2.45) is 5.41 Å². The lowest BCUT2D eigenvalue weighted by molar-refractivity contribution is 0.320. The summed E-state index contributed by atoms with van der Waals surface area (Å²) in [5.74, 6) is 0. The third-order valence-electron chi connectivity index (χ3n) is 7.18. The van der Waals surface area contributed by atoms with Crippen LogP contribution in [0.1, 0.15) is 12.5 Å². The minimum atomic E-state index is -0.188. The molecule has 0 bridgehead atoms. The van der Waals surface area contributed by atoms with Crippen LogP contribution >= 0.6 is 0 Å². The minimum Gasteiger partial charge on any atom is -0.0622 e. The van der Waals surface area contributed by atoms with Crippen LogP contribution < -0.4 is 0 Å². The van der Waals surface area contributed by atoms with E-state index >= 15 is 0 Å². The number of rotatable bonds is 2. The van der Waals surface area contributed by atoms with Gasteiger partial charge >= 0.3 is 0 Å². The van der Waals surface area contributed by atoms with Gasteiger partial charge in [-0.15, -0.1) is 0 Å². The zero-order valence-corrected chi connectivity index (χ0v) is 16.5. The Kier molecular flexibility index (Phi) is 3.32. The molecule has 0 spiro atoms. The normalized spacial score (nSPS) is 28.2. The van der Waals surface area contributed by atoms with Crippen molar-refractivity contribution in [2.45, 2.75) is 12.3 Å². The molecule has 6 rings (SSSR count). The number of hydrogen-bond acceptors (Lipinski definition) is 0. The van der Waals surface area contributed by atoms with Crippen LogP contribution in [-0.4, -0.2) is 0 Å². The summed E-state index contributed by atoms with van der Waals surface area (Å²) >= 11 is 0. The van der Waals surface area contributed by atoms with Gasteiger partial charge in [0.1, 0.15) is 0 Å². The smallest absolute Gasteiger partial charge is 0.0585 e. The van der Waals surface area contributed by atoms with Crippen molar-refractivity contribution >= 4 is 0 Å². The standard InChI is InChI=1S/C29H22/c1-28-23-9-5-10-24(28)18-20-26-12-6-11-25(19-17-23)29(26,28)27-15-13-22(14-16-27)21-7-3-2-4-8-21/h2-20H,1H3.